The summed E-state index contributed by atoms with van der Waals surface area (Å²) in [6.45, 7) is 3.08. The number of hydrogen-bond acceptors (Lipinski definition) is 7. The first-order chi connectivity index (χ1) is 15.2. The van der Waals surface area contributed by atoms with Crippen LogP contribution in [0, 0.1) is 16.0 Å². The molecular weight excluding hydrogens is 418 g/mol. The van der Waals surface area contributed by atoms with E-state index >= 15 is 0 Å². The molecule has 0 radical (unpaired) electrons. The van der Waals surface area contributed by atoms with E-state index in [4.69, 9.17) is 4.74 Å². The van der Waals surface area contributed by atoms with E-state index in [1.807, 2.05) is 0 Å². The first kappa shape index (κ1) is 23.4. The minimum Gasteiger partial charge on any atom is -0.454 e. The Morgan fingerprint density at radius 3 is 2.50 bits per heavy atom. The number of rotatable bonds is 8. The molecule has 1 aromatic rings. The van der Waals surface area contributed by atoms with E-state index in [0.717, 1.165) is 43.1 Å². The highest BCUT2D eigenvalue weighted by atomic mass is 16.6. The van der Waals surface area contributed by atoms with Crippen LogP contribution in [-0.2, 0) is 14.3 Å². The summed E-state index contributed by atoms with van der Waals surface area (Å²) < 4.78 is 5.16. The van der Waals surface area contributed by atoms with Crippen LogP contribution in [0.2, 0.25) is 0 Å². The maximum Gasteiger partial charge on any atom is 0.329 e. The number of nitro benzene ring substituents is 1. The Labute approximate surface area is 185 Å². The third kappa shape index (κ3) is 4.95. The number of nitrogens with one attached hydrogen (secondary N) is 1. The number of carbonyl (C=O) groups is 4. The molecule has 1 heterocycles. The number of amides is 3. The van der Waals surface area contributed by atoms with E-state index in [9.17, 15) is 29.3 Å². The average Bonchev–Trinajstić information content (AvgIpc) is 3.01. The molecule has 1 fully saturated rings. The highest BCUT2D eigenvalue weighted by Crippen LogP contribution is 2.33. The van der Waals surface area contributed by atoms with Crippen molar-refractivity contribution in [1.82, 2.24) is 10.2 Å². The molecule has 10 nitrogen and oxygen atoms in total. The lowest BCUT2D eigenvalue weighted by molar-refractivity contribution is -0.385. The molecule has 1 atom stereocenters. The summed E-state index contributed by atoms with van der Waals surface area (Å²) in [7, 11) is 0. The van der Waals surface area contributed by atoms with Gasteiger partial charge in [-0.25, -0.2) is 4.79 Å². The van der Waals surface area contributed by atoms with E-state index in [2.05, 4.69) is 5.32 Å². The van der Waals surface area contributed by atoms with Gasteiger partial charge < -0.3 is 10.1 Å². The molecule has 1 aliphatic heterocycles. The van der Waals surface area contributed by atoms with Crippen molar-refractivity contribution in [3.8, 4) is 0 Å². The maximum atomic E-state index is 13.0. The Morgan fingerprint density at radius 1 is 1.19 bits per heavy atom. The molecular formula is C22H27N3O7. The number of carbonyl (C=O) groups excluding carboxylic acids is 4. The number of nitrogens with zero attached hydrogens (tertiary/aromatic N) is 2. The van der Waals surface area contributed by atoms with Crippen molar-refractivity contribution in [2.24, 2.45) is 5.92 Å². The summed E-state index contributed by atoms with van der Waals surface area (Å²) in [5.74, 6) is -3.13. The zero-order valence-electron chi connectivity index (χ0n) is 18.2. The van der Waals surface area contributed by atoms with Crippen LogP contribution in [0.25, 0.3) is 0 Å². The lowest BCUT2D eigenvalue weighted by Crippen LogP contribution is -2.47. The summed E-state index contributed by atoms with van der Waals surface area (Å²) in [5, 5.41) is 14.2. The molecule has 1 saturated carbocycles. The van der Waals surface area contributed by atoms with Gasteiger partial charge in [0.05, 0.1) is 10.5 Å². The summed E-state index contributed by atoms with van der Waals surface area (Å²) >= 11 is 0. The lowest BCUT2D eigenvalue weighted by Gasteiger charge is -2.26. The van der Waals surface area contributed by atoms with Gasteiger partial charge in [0.25, 0.3) is 23.4 Å². The Morgan fingerprint density at radius 2 is 1.88 bits per heavy atom. The normalized spacial score (nSPS) is 17.3. The third-order valence-corrected chi connectivity index (χ3v) is 5.72. The van der Waals surface area contributed by atoms with Crippen LogP contribution in [0.3, 0.4) is 0 Å². The van der Waals surface area contributed by atoms with Gasteiger partial charge in [0.15, 0.2) is 6.61 Å². The molecule has 3 rings (SSSR count). The molecule has 32 heavy (non-hydrogen) atoms. The molecule has 172 valence electrons. The third-order valence-electron chi connectivity index (χ3n) is 5.72. The van der Waals surface area contributed by atoms with Crippen LogP contribution in [0.4, 0.5) is 5.69 Å². The van der Waals surface area contributed by atoms with Crippen molar-refractivity contribution in [1.29, 1.82) is 0 Å². The number of nitro groups is 1. The van der Waals surface area contributed by atoms with Crippen molar-refractivity contribution in [2.75, 3.05) is 6.61 Å². The summed E-state index contributed by atoms with van der Waals surface area (Å²) in [5.41, 5.74) is -0.952. The number of esters is 1. The van der Waals surface area contributed by atoms with Gasteiger partial charge in [0, 0.05) is 12.1 Å². The zero-order valence-corrected chi connectivity index (χ0v) is 18.2. The predicted molar refractivity (Wildman–Crippen MR) is 113 cm³/mol. The van der Waals surface area contributed by atoms with E-state index < -0.39 is 47.0 Å². The second kappa shape index (κ2) is 9.88. The van der Waals surface area contributed by atoms with Gasteiger partial charge in [-0.1, -0.05) is 39.2 Å². The Hall–Kier alpha value is -3.30. The van der Waals surface area contributed by atoms with E-state index in [0.29, 0.717) is 0 Å². The van der Waals surface area contributed by atoms with Crippen molar-refractivity contribution in [3.05, 3.63) is 39.4 Å². The SMILES string of the molecule is CC(C)C[C@@H](C(=O)OCC(=O)NC1CCCCC1)N1C(=O)c2cccc([N+](=O)[O-])c2C1=O. The molecule has 0 spiro atoms. The second-order valence-electron chi connectivity index (χ2n) is 8.59. The first-order valence-electron chi connectivity index (χ1n) is 10.8. The van der Waals surface area contributed by atoms with Crippen LogP contribution in [-0.4, -0.2) is 52.2 Å². The van der Waals surface area contributed by atoms with E-state index in [1.54, 1.807) is 13.8 Å². The second-order valence-corrected chi connectivity index (χ2v) is 8.59. The minimum atomic E-state index is -1.29. The van der Waals surface area contributed by atoms with Gasteiger partial charge >= 0.3 is 5.97 Å². The van der Waals surface area contributed by atoms with Gasteiger partial charge in [-0.15, -0.1) is 0 Å². The van der Waals surface area contributed by atoms with Crippen LogP contribution in [0.1, 0.15) is 73.1 Å². The molecule has 0 bridgehead atoms. The van der Waals surface area contributed by atoms with Crippen LogP contribution in [0.5, 0.6) is 0 Å². The number of hydrogen-bond donors (Lipinski definition) is 1. The summed E-state index contributed by atoms with van der Waals surface area (Å²) in [4.78, 5) is 62.2. The monoisotopic (exact) mass is 445 g/mol. The standard InChI is InChI=1S/C22H27N3O7/c1-13(2)11-17(22(29)32-12-18(26)23-14-7-4-3-5-8-14)24-20(27)15-9-6-10-16(25(30)31)19(15)21(24)28/h6,9-10,13-14,17H,3-5,7-8,11-12H2,1-2H3,(H,23,26)/t17-/m0/s1. The van der Waals surface area contributed by atoms with E-state index in [1.165, 1.54) is 12.1 Å². The van der Waals surface area contributed by atoms with Gasteiger partial charge in [-0.2, -0.15) is 0 Å². The molecule has 1 aliphatic carbocycles. The molecule has 3 amide bonds. The van der Waals surface area contributed by atoms with Crippen molar-refractivity contribution >= 4 is 29.4 Å². The largest absolute Gasteiger partial charge is 0.454 e. The number of fused-ring (bicyclic) bond motifs is 1. The van der Waals surface area contributed by atoms with Crippen molar-refractivity contribution in [2.45, 2.75) is 64.5 Å². The Kier molecular flexibility index (Phi) is 7.22. The highest BCUT2D eigenvalue weighted by molar-refractivity contribution is 6.24. The van der Waals surface area contributed by atoms with Gasteiger partial charge in [-0.3, -0.25) is 29.4 Å². The molecule has 0 unspecified atom stereocenters. The van der Waals surface area contributed by atoms with Crippen molar-refractivity contribution < 1.29 is 28.8 Å². The number of benzene rings is 1. The van der Waals surface area contributed by atoms with Gasteiger partial charge in [0.2, 0.25) is 0 Å². The fourth-order valence-electron chi connectivity index (χ4n) is 4.22. The topological polar surface area (TPSA) is 136 Å². The quantitative estimate of drug-likeness (QED) is 0.281. The lowest BCUT2D eigenvalue weighted by atomic mass is 9.95. The fourth-order valence-corrected chi connectivity index (χ4v) is 4.22. The summed E-state index contributed by atoms with van der Waals surface area (Å²) in [6, 6.07) is 2.54. The smallest absolute Gasteiger partial charge is 0.329 e. The Balaban J connectivity index is 1.74. The molecule has 1 N–H and O–H groups in total. The van der Waals surface area contributed by atoms with Crippen molar-refractivity contribution in [3.63, 3.8) is 0 Å². The van der Waals surface area contributed by atoms with Crippen LogP contribution in [0.15, 0.2) is 18.2 Å². The molecule has 1 aromatic carbocycles. The van der Waals surface area contributed by atoms with E-state index in [-0.39, 0.29) is 29.5 Å². The maximum absolute atomic E-state index is 13.0. The van der Waals surface area contributed by atoms with Gasteiger partial charge in [-0.05, 0) is 31.2 Å². The minimum absolute atomic E-state index is 0.0539. The highest BCUT2D eigenvalue weighted by Gasteiger charge is 2.47. The van der Waals surface area contributed by atoms with Crippen LogP contribution < -0.4 is 5.32 Å². The predicted octanol–water partition coefficient (Wildman–Crippen LogP) is 2.60. The molecule has 2 aliphatic rings. The number of ether oxygens (including phenoxy) is 1. The molecule has 0 saturated heterocycles. The van der Waals surface area contributed by atoms with Gasteiger partial charge in [0.1, 0.15) is 11.6 Å². The summed E-state index contributed by atoms with van der Waals surface area (Å²) in [6.07, 6.45) is 5.06. The average molecular weight is 445 g/mol. The molecule has 10 heteroatoms. The zero-order chi connectivity index (χ0) is 23.4. The first-order valence-corrected chi connectivity index (χ1v) is 10.8. The van der Waals surface area contributed by atoms with Crippen LogP contribution >= 0.6 is 0 Å². The number of imide groups is 1. The molecule has 0 aromatic heterocycles. The fraction of sp³-hybridized carbons (Fsp3) is 0.545. The Bertz CT molecular complexity index is 937.